The molecule has 1 aliphatic rings. The maximum atomic E-state index is 12.4. The molecule has 0 unspecified atom stereocenters. The predicted molar refractivity (Wildman–Crippen MR) is 76.0 cm³/mol. The van der Waals surface area contributed by atoms with Crippen molar-refractivity contribution in [1.29, 1.82) is 0 Å². The summed E-state index contributed by atoms with van der Waals surface area (Å²) in [5.41, 5.74) is 0.110. The molecule has 0 radical (unpaired) electrons. The Morgan fingerprint density at radius 2 is 2.19 bits per heavy atom. The number of hydrogen-bond donors (Lipinski definition) is 0. The third-order valence-electron chi connectivity index (χ3n) is 3.26. The summed E-state index contributed by atoms with van der Waals surface area (Å²) in [6, 6.07) is 4.70. The minimum absolute atomic E-state index is 0.0360. The summed E-state index contributed by atoms with van der Waals surface area (Å²) in [6.07, 6.45) is 3.42. The first-order valence-corrected chi connectivity index (χ1v) is 6.82. The lowest BCUT2D eigenvalue weighted by atomic mass is 10.2. The molecule has 7 heteroatoms. The molecule has 21 heavy (non-hydrogen) atoms. The summed E-state index contributed by atoms with van der Waals surface area (Å²) in [5, 5.41) is 4.76. The highest BCUT2D eigenvalue weighted by atomic mass is 35.5. The van der Waals surface area contributed by atoms with Crippen LogP contribution in [0.4, 0.5) is 0 Å². The van der Waals surface area contributed by atoms with E-state index in [1.165, 1.54) is 19.4 Å². The fourth-order valence-corrected chi connectivity index (χ4v) is 2.11. The molecule has 0 saturated heterocycles. The smallest absolute Gasteiger partial charge is 0.343 e. The highest BCUT2D eigenvalue weighted by molar-refractivity contribution is 6.30. The van der Waals surface area contributed by atoms with Crippen LogP contribution in [0.25, 0.3) is 5.82 Å². The van der Waals surface area contributed by atoms with Crippen molar-refractivity contribution in [3.05, 3.63) is 51.0 Å². The van der Waals surface area contributed by atoms with Gasteiger partial charge < -0.3 is 4.74 Å². The van der Waals surface area contributed by atoms with Crippen molar-refractivity contribution in [2.75, 3.05) is 7.11 Å². The first-order valence-electron chi connectivity index (χ1n) is 6.44. The number of hydrogen-bond acceptors (Lipinski definition) is 5. The molecule has 1 aliphatic carbocycles. The van der Waals surface area contributed by atoms with Crippen molar-refractivity contribution in [1.82, 2.24) is 14.8 Å². The fourth-order valence-electron chi connectivity index (χ4n) is 2.00. The number of carbonyl (C=O) groups excluding carboxylic acids is 1. The second-order valence-corrected chi connectivity index (χ2v) is 5.24. The van der Waals surface area contributed by atoms with Crippen molar-refractivity contribution >= 4 is 17.6 Å². The lowest BCUT2D eigenvalue weighted by Crippen LogP contribution is -2.29. The van der Waals surface area contributed by atoms with Crippen LogP contribution >= 0.6 is 11.6 Å². The monoisotopic (exact) mass is 305 g/mol. The van der Waals surface area contributed by atoms with Gasteiger partial charge in [-0.1, -0.05) is 11.6 Å². The Morgan fingerprint density at radius 1 is 1.43 bits per heavy atom. The van der Waals surface area contributed by atoms with Crippen LogP contribution in [-0.4, -0.2) is 27.8 Å². The van der Waals surface area contributed by atoms with Crippen LogP contribution < -0.4 is 5.56 Å². The summed E-state index contributed by atoms with van der Waals surface area (Å²) in [4.78, 5) is 28.2. The van der Waals surface area contributed by atoms with Crippen LogP contribution in [0.1, 0.15) is 34.8 Å². The highest BCUT2D eigenvalue weighted by Gasteiger charge is 2.28. The lowest BCUT2D eigenvalue weighted by molar-refractivity contribution is 0.0597. The Labute approximate surface area is 125 Å². The van der Waals surface area contributed by atoms with Gasteiger partial charge in [-0.2, -0.15) is 9.78 Å². The highest BCUT2D eigenvalue weighted by Crippen LogP contribution is 2.38. The molecular weight excluding hydrogens is 294 g/mol. The van der Waals surface area contributed by atoms with Crippen molar-refractivity contribution in [3.63, 3.8) is 0 Å². The number of ether oxygens (including phenoxy) is 1. The first-order chi connectivity index (χ1) is 10.1. The number of carbonyl (C=O) groups is 1. The number of pyridine rings is 1. The Kier molecular flexibility index (Phi) is 3.47. The van der Waals surface area contributed by atoms with Crippen LogP contribution in [0.2, 0.25) is 5.02 Å². The average Bonchev–Trinajstić information content (AvgIpc) is 3.32. The number of esters is 1. The molecule has 0 aromatic carbocycles. The van der Waals surface area contributed by atoms with E-state index in [9.17, 15) is 9.59 Å². The van der Waals surface area contributed by atoms with Gasteiger partial charge in [0, 0.05) is 12.1 Å². The molecule has 2 heterocycles. The molecule has 1 saturated carbocycles. The Bertz CT molecular complexity index is 751. The molecule has 108 valence electrons. The summed E-state index contributed by atoms with van der Waals surface area (Å²) >= 11 is 5.79. The zero-order chi connectivity index (χ0) is 15.0. The van der Waals surface area contributed by atoms with Gasteiger partial charge in [-0.05, 0) is 31.0 Å². The van der Waals surface area contributed by atoms with Gasteiger partial charge in [0.2, 0.25) is 0 Å². The topological polar surface area (TPSA) is 74.1 Å². The van der Waals surface area contributed by atoms with Crippen LogP contribution in [0.5, 0.6) is 0 Å². The fraction of sp³-hybridized carbons (Fsp3) is 0.286. The van der Waals surface area contributed by atoms with Crippen LogP contribution in [0.15, 0.2) is 29.2 Å². The van der Waals surface area contributed by atoms with Gasteiger partial charge in [-0.15, -0.1) is 0 Å². The van der Waals surface area contributed by atoms with Crippen molar-refractivity contribution in [3.8, 4) is 5.82 Å². The lowest BCUT2D eigenvalue weighted by Gasteiger charge is -2.08. The van der Waals surface area contributed by atoms with Crippen LogP contribution in [-0.2, 0) is 4.74 Å². The van der Waals surface area contributed by atoms with Gasteiger partial charge in [0.15, 0.2) is 5.82 Å². The van der Waals surface area contributed by atoms with E-state index in [1.54, 1.807) is 12.1 Å². The molecule has 1 fully saturated rings. The summed E-state index contributed by atoms with van der Waals surface area (Å²) in [7, 11) is 1.24. The third-order valence-corrected chi connectivity index (χ3v) is 3.48. The molecule has 0 spiro atoms. The molecule has 0 atom stereocenters. The molecule has 0 aliphatic heterocycles. The van der Waals surface area contributed by atoms with Crippen molar-refractivity contribution < 1.29 is 9.53 Å². The van der Waals surface area contributed by atoms with Gasteiger partial charge in [0.1, 0.15) is 5.56 Å². The molecule has 2 aromatic rings. The van der Waals surface area contributed by atoms with Crippen molar-refractivity contribution in [2.45, 2.75) is 18.8 Å². The molecule has 3 rings (SSSR count). The summed E-state index contributed by atoms with van der Waals surface area (Å²) in [6.45, 7) is 0. The minimum atomic E-state index is -0.674. The van der Waals surface area contributed by atoms with E-state index >= 15 is 0 Å². The van der Waals surface area contributed by atoms with Crippen LogP contribution in [0.3, 0.4) is 0 Å². The van der Waals surface area contributed by atoms with Gasteiger partial charge in [-0.25, -0.2) is 9.78 Å². The SMILES string of the molecule is COC(=O)c1cc(C2CC2)nn(-c2ccc(Cl)cn2)c1=O. The van der Waals surface area contributed by atoms with Gasteiger partial charge in [0.25, 0.3) is 5.56 Å². The number of halogens is 1. The van der Waals surface area contributed by atoms with E-state index in [4.69, 9.17) is 11.6 Å². The van der Waals surface area contributed by atoms with E-state index in [0.29, 0.717) is 16.5 Å². The molecule has 6 nitrogen and oxygen atoms in total. The molecule has 2 aromatic heterocycles. The summed E-state index contributed by atoms with van der Waals surface area (Å²) in [5.74, 6) is -0.0726. The van der Waals surface area contributed by atoms with Gasteiger partial charge in [0.05, 0.1) is 17.8 Å². The Balaban J connectivity index is 2.18. The van der Waals surface area contributed by atoms with E-state index < -0.39 is 11.5 Å². The second-order valence-electron chi connectivity index (χ2n) is 4.80. The first kappa shape index (κ1) is 13.8. The average molecular weight is 306 g/mol. The van der Waals surface area contributed by atoms with Crippen molar-refractivity contribution in [2.24, 2.45) is 0 Å². The zero-order valence-corrected chi connectivity index (χ0v) is 12.0. The molecular formula is C14H12ClN3O3. The van der Waals surface area contributed by atoms with E-state index in [0.717, 1.165) is 17.5 Å². The van der Waals surface area contributed by atoms with E-state index in [1.807, 2.05) is 0 Å². The molecule has 0 bridgehead atoms. The predicted octanol–water partition coefficient (Wildman–Crippen LogP) is 1.94. The number of methoxy groups -OCH3 is 1. The number of aromatic nitrogens is 3. The Morgan fingerprint density at radius 3 is 2.76 bits per heavy atom. The Hall–Kier alpha value is -2.21. The maximum Gasteiger partial charge on any atom is 0.343 e. The molecule has 0 N–H and O–H groups in total. The standard InChI is InChI=1S/C14H12ClN3O3/c1-21-14(20)10-6-11(8-2-3-8)17-18(13(10)19)12-5-4-9(15)7-16-12/h4-8H,2-3H2,1H3. The minimum Gasteiger partial charge on any atom is -0.465 e. The van der Waals surface area contributed by atoms with Gasteiger partial charge >= 0.3 is 5.97 Å². The van der Waals surface area contributed by atoms with E-state index in [-0.39, 0.29) is 11.5 Å². The number of rotatable bonds is 3. The zero-order valence-electron chi connectivity index (χ0n) is 11.2. The number of nitrogens with zero attached hydrogens (tertiary/aromatic N) is 3. The summed E-state index contributed by atoms with van der Waals surface area (Å²) < 4.78 is 5.78. The quantitative estimate of drug-likeness (QED) is 0.810. The van der Waals surface area contributed by atoms with Gasteiger partial charge in [-0.3, -0.25) is 4.79 Å². The van der Waals surface area contributed by atoms with Crippen LogP contribution in [0, 0.1) is 0 Å². The normalized spacial score (nSPS) is 14.0. The maximum absolute atomic E-state index is 12.4. The largest absolute Gasteiger partial charge is 0.465 e. The molecule has 0 amide bonds. The second kappa shape index (κ2) is 5.29. The third kappa shape index (κ3) is 2.67. The van der Waals surface area contributed by atoms with E-state index in [2.05, 4.69) is 14.8 Å².